The molecule has 220 valence electrons. The summed E-state index contributed by atoms with van der Waals surface area (Å²) in [5, 5.41) is 22.2. The van der Waals surface area contributed by atoms with E-state index >= 15 is 0 Å². The Bertz CT molecular complexity index is 1710. The number of pyridine rings is 1. The summed E-state index contributed by atoms with van der Waals surface area (Å²) in [6.45, 7) is 2.95. The van der Waals surface area contributed by atoms with E-state index in [2.05, 4.69) is 20.5 Å². The van der Waals surface area contributed by atoms with Gasteiger partial charge >= 0.3 is 0 Å². The molecule has 4 N–H and O–H groups in total. The highest BCUT2D eigenvalue weighted by Crippen LogP contribution is 2.45. The second-order valence-corrected chi connectivity index (χ2v) is 11.3. The minimum atomic E-state index is -1.67. The maximum Gasteiger partial charge on any atom is 0.251 e. The van der Waals surface area contributed by atoms with Crippen molar-refractivity contribution in [1.82, 2.24) is 20.5 Å². The Hall–Kier alpha value is -4.90. The van der Waals surface area contributed by atoms with Crippen LogP contribution in [0.5, 0.6) is 11.5 Å². The third-order valence-electron chi connectivity index (χ3n) is 7.83. The molecule has 2 aromatic heterocycles. The van der Waals surface area contributed by atoms with Crippen molar-refractivity contribution in [1.29, 1.82) is 0 Å². The average Bonchev–Trinajstić information content (AvgIpc) is 3.76. The zero-order valence-corrected chi connectivity index (χ0v) is 23.6. The molecule has 0 radical (unpaired) electrons. The van der Waals surface area contributed by atoms with Crippen molar-refractivity contribution in [3.05, 3.63) is 89.6 Å². The SMILES string of the molecule is C[C@](O)(CNC(=O)c1ccc(OC2CC2)c(-c2ccnnc2)c1)c1cc2c(c(-c3ccc(F)cc3)n1)OC[C@]2(C)C(N)=O. The van der Waals surface area contributed by atoms with Gasteiger partial charge in [0.15, 0.2) is 0 Å². The molecule has 2 aliphatic rings. The van der Waals surface area contributed by atoms with Gasteiger partial charge in [0.05, 0.1) is 30.7 Å². The smallest absolute Gasteiger partial charge is 0.251 e. The Morgan fingerprint density at radius 1 is 1.14 bits per heavy atom. The third-order valence-corrected chi connectivity index (χ3v) is 7.83. The maximum absolute atomic E-state index is 13.7. The number of ether oxygens (including phenoxy) is 2. The lowest BCUT2D eigenvalue weighted by Crippen LogP contribution is -2.41. The molecule has 1 fully saturated rings. The first kappa shape index (κ1) is 28.2. The molecule has 2 aromatic carbocycles. The molecule has 1 aliphatic heterocycles. The Kier molecular flexibility index (Phi) is 7.05. The highest BCUT2D eigenvalue weighted by atomic mass is 19.1. The largest absolute Gasteiger partial charge is 0.490 e. The van der Waals surface area contributed by atoms with E-state index in [0.29, 0.717) is 39.4 Å². The Morgan fingerprint density at radius 3 is 2.58 bits per heavy atom. The molecule has 0 unspecified atom stereocenters. The number of nitrogens with one attached hydrogen (secondary N) is 1. The highest BCUT2D eigenvalue weighted by molar-refractivity contribution is 5.96. The maximum atomic E-state index is 13.7. The number of aliphatic hydroxyl groups is 1. The molecule has 4 aromatic rings. The topological polar surface area (TPSA) is 150 Å². The van der Waals surface area contributed by atoms with Crippen LogP contribution in [0.4, 0.5) is 4.39 Å². The van der Waals surface area contributed by atoms with Crippen LogP contribution in [0.25, 0.3) is 22.4 Å². The average molecular weight is 584 g/mol. The minimum Gasteiger partial charge on any atom is -0.490 e. The summed E-state index contributed by atoms with van der Waals surface area (Å²) < 4.78 is 25.6. The van der Waals surface area contributed by atoms with Gasteiger partial charge in [-0.15, -0.1) is 0 Å². The first-order chi connectivity index (χ1) is 20.5. The molecular formula is C32H30FN5O5. The van der Waals surface area contributed by atoms with Crippen LogP contribution in [-0.4, -0.2) is 51.4 Å². The number of hydrogen-bond donors (Lipinski definition) is 3. The molecule has 0 spiro atoms. The minimum absolute atomic E-state index is 0.00827. The van der Waals surface area contributed by atoms with Crippen molar-refractivity contribution in [2.45, 2.75) is 43.8 Å². The van der Waals surface area contributed by atoms with E-state index in [9.17, 15) is 19.1 Å². The summed E-state index contributed by atoms with van der Waals surface area (Å²) in [5.41, 5.74) is 6.20. The van der Waals surface area contributed by atoms with E-state index in [4.69, 9.17) is 15.2 Å². The van der Waals surface area contributed by atoms with Crippen LogP contribution in [0.15, 0.2) is 67.0 Å². The molecule has 43 heavy (non-hydrogen) atoms. The number of aromatic nitrogens is 3. The number of halogens is 1. The van der Waals surface area contributed by atoms with E-state index in [1.54, 1.807) is 49.6 Å². The van der Waals surface area contributed by atoms with Gasteiger partial charge in [-0.2, -0.15) is 10.2 Å². The summed E-state index contributed by atoms with van der Waals surface area (Å²) in [6.07, 6.45) is 5.29. The molecule has 3 heterocycles. The van der Waals surface area contributed by atoms with Gasteiger partial charge in [0.25, 0.3) is 5.91 Å². The molecule has 2 amide bonds. The van der Waals surface area contributed by atoms with Crippen molar-refractivity contribution in [2.24, 2.45) is 5.73 Å². The van der Waals surface area contributed by atoms with Gasteiger partial charge < -0.3 is 25.6 Å². The third kappa shape index (κ3) is 5.51. The molecule has 11 heteroatoms. The van der Waals surface area contributed by atoms with Gasteiger partial charge in [-0.3, -0.25) is 9.59 Å². The van der Waals surface area contributed by atoms with Gasteiger partial charge in [-0.05, 0) is 81.3 Å². The molecule has 10 nitrogen and oxygen atoms in total. The molecule has 1 saturated carbocycles. The van der Waals surface area contributed by atoms with Gasteiger partial charge in [0.1, 0.15) is 40.6 Å². The van der Waals surface area contributed by atoms with Crippen LogP contribution in [-0.2, 0) is 15.8 Å². The molecule has 0 saturated heterocycles. The second-order valence-electron chi connectivity index (χ2n) is 11.3. The number of rotatable bonds is 9. The van der Waals surface area contributed by atoms with Crippen molar-refractivity contribution >= 4 is 11.8 Å². The highest BCUT2D eigenvalue weighted by Gasteiger charge is 2.45. The quantitative estimate of drug-likeness (QED) is 0.270. The Balaban J connectivity index is 1.30. The Morgan fingerprint density at radius 2 is 1.91 bits per heavy atom. The predicted octanol–water partition coefficient (Wildman–Crippen LogP) is 3.66. The van der Waals surface area contributed by atoms with Crippen LogP contribution >= 0.6 is 0 Å². The van der Waals surface area contributed by atoms with E-state index in [1.165, 1.54) is 31.2 Å². The summed E-state index contributed by atoms with van der Waals surface area (Å²) in [5.74, 6) is -0.468. The van der Waals surface area contributed by atoms with Crippen LogP contribution in [0, 0.1) is 5.82 Å². The first-order valence-corrected chi connectivity index (χ1v) is 13.9. The predicted molar refractivity (Wildman–Crippen MR) is 155 cm³/mol. The number of nitrogens with two attached hydrogens (primary N) is 1. The van der Waals surface area contributed by atoms with Crippen molar-refractivity contribution in [2.75, 3.05) is 13.2 Å². The monoisotopic (exact) mass is 583 g/mol. The molecule has 0 bridgehead atoms. The Labute approximate surface area is 247 Å². The van der Waals surface area contributed by atoms with Crippen LogP contribution in [0.1, 0.15) is 48.3 Å². The number of primary amides is 1. The zero-order valence-electron chi connectivity index (χ0n) is 23.6. The number of carbonyl (C=O) groups is 2. The van der Waals surface area contributed by atoms with Crippen LogP contribution in [0.3, 0.4) is 0 Å². The van der Waals surface area contributed by atoms with Crippen molar-refractivity contribution in [3.63, 3.8) is 0 Å². The number of hydrogen-bond acceptors (Lipinski definition) is 8. The van der Waals surface area contributed by atoms with Crippen LogP contribution in [0.2, 0.25) is 0 Å². The van der Waals surface area contributed by atoms with Gasteiger partial charge in [0, 0.05) is 27.8 Å². The lowest BCUT2D eigenvalue weighted by molar-refractivity contribution is -0.123. The first-order valence-electron chi connectivity index (χ1n) is 13.9. The second kappa shape index (κ2) is 10.7. The lowest BCUT2D eigenvalue weighted by Gasteiger charge is -2.26. The van der Waals surface area contributed by atoms with Crippen molar-refractivity contribution < 1.29 is 28.6 Å². The summed E-state index contributed by atoms with van der Waals surface area (Å²) in [7, 11) is 0. The number of amides is 2. The van der Waals surface area contributed by atoms with E-state index in [1.807, 2.05) is 0 Å². The van der Waals surface area contributed by atoms with Gasteiger partial charge in [-0.25, -0.2) is 9.37 Å². The van der Waals surface area contributed by atoms with E-state index < -0.39 is 28.6 Å². The fourth-order valence-electron chi connectivity index (χ4n) is 4.93. The number of benzene rings is 2. The molecule has 2 atom stereocenters. The number of fused-ring (bicyclic) bond motifs is 1. The van der Waals surface area contributed by atoms with Gasteiger partial charge in [-0.1, -0.05) is 0 Å². The van der Waals surface area contributed by atoms with Crippen molar-refractivity contribution in [3.8, 4) is 33.9 Å². The number of nitrogens with zero attached hydrogens (tertiary/aromatic N) is 3. The zero-order chi connectivity index (χ0) is 30.4. The lowest BCUT2D eigenvalue weighted by atomic mass is 9.82. The standard InChI is InChI=1S/C32H30FN5O5/c1-31(30(34)40)17-42-28-24(31)14-26(38-27(28)18-3-6-21(33)7-4-18)32(2,41)16-35-29(39)19-5-10-25(43-22-8-9-22)23(13-19)20-11-12-36-37-15-20/h3-7,10-15,22,41H,8-9,16-17H2,1-2H3,(H2,34,40)(H,35,39)/t31-,32-/m0/s1. The van der Waals surface area contributed by atoms with E-state index in [0.717, 1.165) is 18.4 Å². The summed E-state index contributed by atoms with van der Waals surface area (Å²) in [4.78, 5) is 30.4. The normalized spacial score (nSPS) is 18.7. The summed E-state index contributed by atoms with van der Waals surface area (Å²) >= 11 is 0. The van der Waals surface area contributed by atoms with Gasteiger partial charge in [0.2, 0.25) is 5.91 Å². The molecule has 6 rings (SSSR count). The fourth-order valence-corrected chi connectivity index (χ4v) is 4.93. The van der Waals surface area contributed by atoms with E-state index in [-0.39, 0.29) is 24.9 Å². The number of carbonyl (C=O) groups excluding carboxylic acids is 2. The summed E-state index contributed by atoms with van der Waals surface area (Å²) in [6, 6.07) is 14.1. The fraction of sp³-hybridized carbons (Fsp3) is 0.281. The van der Waals surface area contributed by atoms with Crippen LogP contribution < -0.4 is 20.5 Å². The molecule has 1 aliphatic carbocycles. The molecular weight excluding hydrogens is 553 g/mol.